The molecule has 0 N–H and O–H groups in total. The Morgan fingerprint density at radius 1 is 1.12 bits per heavy atom. The average molecular weight is 414 g/mol. The summed E-state index contributed by atoms with van der Waals surface area (Å²) >= 11 is 9.20. The van der Waals surface area contributed by atoms with Gasteiger partial charge < -0.3 is 14.2 Å². The molecule has 0 aliphatic rings. The number of esters is 2. The molecular weight excluding hydrogens is 400 g/mol. The molecule has 0 amide bonds. The lowest BCUT2D eigenvalue weighted by Gasteiger charge is -2.11. The van der Waals surface area contributed by atoms with E-state index in [1.165, 1.54) is 25.3 Å². The predicted octanol–water partition coefficient (Wildman–Crippen LogP) is 4.18. The molecule has 0 fully saturated rings. The van der Waals surface area contributed by atoms with Gasteiger partial charge in [-0.15, -0.1) is 0 Å². The van der Waals surface area contributed by atoms with E-state index in [0.717, 1.165) is 10.0 Å². The molecule has 0 saturated heterocycles. The van der Waals surface area contributed by atoms with Gasteiger partial charge in [0.15, 0.2) is 6.61 Å². The Bertz CT molecular complexity index is 776. The lowest BCUT2D eigenvalue weighted by molar-refractivity contribution is -0.136. The number of carbonyl (C=O) groups is 2. The van der Waals surface area contributed by atoms with E-state index in [-0.39, 0.29) is 17.9 Å². The van der Waals surface area contributed by atoms with E-state index in [9.17, 15) is 9.59 Å². The Morgan fingerprint density at radius 2 is 1.83 bits per heavy atom. The van der Waals surface area contributed by atoms with Crippen LogP contribution in [0.1, 0.15) is 15.9 Å². The van der Waals surface area contributed by atoms with Gasteiger partial charge in [-0.05, 0) is 48.9 Å². The first kappa shape index (κ1) is 18.3. The van der Waals surface area contributed by atoms with Crippen molar-refractivity contribution in [3.8, 4) is 11.5 Å². The first-order valence-corrected chi connectivity index (χ1v) is 8.05. The molecule has 2 aromatic carbocycles. The van der Waals surface area contributed by atoms with Crippen LogP contribution in [0.4, 0.5) is 0 Å². The Hall–Kier alpha value is -2.05. The van der Waals surface area contributed by atoms with Crippen molar-refractivity contribution >= 4 is 39.5 Å². The molecule has 0 spiro atoms. The molecule has 0 aliphatic carbocycles. The lowest BCUT2D eigenvalue weighted by Crippen LogP contribution is -2.19. The minimum absolute atomic E-state index is 0.0624. The van der Waals surface area contributed by atoms with E-state index < -0.39 is 11.9 Å². The van der Waals surface area contributed by atoms with Crippen LogP contribution in [0.25, 0.3) is 0 Å². The van der Waals surface area contributed by atoms with Gasteiger partial charge in [-0.3, -0.25) is 0 Å². The number of hydrogen-bond acceptors (Lipinski definition) is 5. The van der Waals surface area contributed by atoms with Crippen LogP contribution in [0.2, 0.25) is 5.02 Å². The summed E-state index contributed by atoms with van der Waals surface area (Å²) in [4.78, 5) is 23.7. The van der Waals surface area contributed by atoms with Crippen molar-refractivity contribution in [2.75, 3.05) is 13.7 Å². The summed E-state index contributed by atoms with van der Waals surface area (Å²) in [5.41, 5.74) is 0.942. The molecule has 0 aliphatic heterocycles. The van der Waals surface area contributed by atoms with Crippen molar-refractivity contribution in [3.63, 3.8) is 0 Å². The molecule has 7 heteroatoms. The summed E-state index contributed by atoms with van der Waals surface area (Å²) in [5, 5.41) is 0.330. The molecule has 2 rings (SSSR count). The SMILES string of the molecule is COC(=O)c1cc(Cl)ccc1OC(=O)COc1ccc(Br)cc1C. The minimum atomic E-state index is -0.648. The zero-order chi connectivity index (χ0) is 17.7. The maximum absolute atomic E-state index is 12.0. The zero-order valence-corrected chi connectivity index (χ0v) is 15.3. The van der Waals surface area contributed by atoms with E-state index in [4.69, 9.17) is 21.1 Å². The van der Waals surface area contributed by atoms with Crippen LogP contribution < -0.4 is 9.47 Å². The van der Waals surface area contributed by atoms with E-state index in [1.807, 2.05) is 19.1 Å². The van der Waals surface area contributed by atoms with Gasteiger partial charge in [-0.2, -0.15) is 0 Å². The fourth-order valence-electron chi connectivity index (χ4n) is 1.92. The number of benzene rings is 2. The molecule has 0 bridgehead atoms. The van der Waals surface area contributed by atoms with Gasteiger partial charge in [0.1, 0.15) is 17.1 Å². The fraction of sp³-hybridized carbons (Fsp3) is 0.176. The summed E-state index contributed by atoms with van der Waals surface area (Å²) in [6.45, 7) is 1.56. The Labute approximate surface area is 152 Å². The van der Waals surface area contributed by atoms with Crippen molar-refractivity contribution in [2.24, 2.45) is 0 Å². The summed E-state index contributed by atoms with van der Waals surface area (Å²) in [5.74, 6) is -0.665. The highest BCUT2D eigenvalue weighted by molar-refractivity contribution is 9.10. The largest absolute Gasteiger partial charge is 0.482 e. The van der Waals surface area contributed by atoms with Gasteiger partial charge in [0.2, 0.25) is 0 Å². The topological polar surface area (TPSA) is 61.8 Å². The molecule has 0 heterocycles. The standard InChI is InChI=1S/C17H14BrClO5/c1-10-7-11(18)3-5-14(10)23-9-16(20)24-15-6-4-12(19)8-13(15)17(21)22-2/h3-8H,9H2,1-2H3. The summed E-state index contributed by atoms with van der Waals surface area (Å²) in [6, 6.07) is 9.73. The maximum Gasteiger partial charge on any atom is 0.349 e. The van der Waals surface area contributed by atoms with Crippen molar-refractivity contribution in [2.45, 2.75) is 6.92 Å². The monoisotopic (exact) mass is 412 g/mol. The van der Waals surface area contributed by atoms with Crippen LogP contribution in [0.15, 0.2) is 40.9 Å². The van der Waals surface area contributed by atoms with Crippen LogP contribution in [0.3, 0.4) is 0 Å². The number of ether oxygens (including phenoxy) is 3. The van der Waals surface area contributed by atoms with E-state index in [1.54, 1.807) is 6.07 Å². The van der Waals surface area contributed by atoms with Crippen LogP contribution in [-0.4, -0.2) is 25.7 Å². The normalized spacial score (nSPS) is 10.2. The van der Waals surface area contributed by atoms with Crippen LogP contribution >= 0.6 is 27.5 Å². The average Bonchev–Trinajstić information content (AvgIpc) is 2.55. The van der Waals surface area contributed by atoms with Gasteiger partial charge >= 0.3 is 11.9 Å². The summed E-state index contributed by atoms with van der Waals surface area (Å²) in [6.07, 6.45) is 0. The van der Waals surface area contributed by atoms with Gasteiger partial charge in [0.05, 0.1) is 7.11 Å². The van der Waals surface area contributed by atoms with Crippen LogP contribution in [0, 0.1) is 6.92 Å². The van der Waals surface area contributed by atoms with E-state index >= 15 is 0 Å². The third kappa shape index (κ3) is 4.72. The maximum atomic E-state index is 12.0. The smallest absolute Gasteiger partial charge is 0.349 e. The zero-order valence-electron chi connectivity index (χ0n) is 13.0. The molecule has 0 aromatic heterocycles. The number of halogens is 2. The van der Waals surface area contributed by atoms with Crippen molar-refractivity contribution < 1.29 is 23.8 Å². The number of aryl methyl sites for hydroxylation is 1. The van der Waals surface area contributed by atoms with Crippen molar-refractivity contribution in [3.05, 3.63) is 57.0 Å². The Kier molecular flexibility index (Phi) is 6.23. The summed E-state index contributed by atoms with van der Waals surface area (Å²) in [7, 11) is 1.23. The molecule has 0 saturated carbocycles. The molecule has 126 valence electrons. The second-order valence-electron chi connectivity index (χ2n) is 4.80. The van der Waals surface area contributed by atoms with Gasteiger partial charge in [0.25, 0.3) is 0 Å². The Morgan fingerprint density at radius 3 is 2.50 bits per heavy atom. The molecule has 24 heavy (non-hydrogen) atoms. The lowest BCUT2D eigenvalue weighted by atomic mass is 10.2. The minimum Gasteiger partial charge on any atom is -0.482 e. The molecular formula is C17H14BrClO5. The molecule has 0 radical (unpaired) electrons. The van der Waals surface area contributed by atoms with Gasteiger partial charge in [-0.1, -0.05) is 27.5 Å². The van der Waals surface area contributed by atoms with Crippen molar-refractivity contribution in [1.82, 2.24) is 0 Å². The molecule has 0 unspecified atom stereocenters. The molecule has 5 nitrogen and oxygen atoms in total. The molecule has 2 aromatic rings. The number of rotatable bonds is 5. The van der Waals surface area contributed by atoms with Crippen molar-refractivity contribution in [1.29, 1.82) is 0 Å². The van der Waals surface area contributed by atoms with Crippen LogP contribution in [0.5, 0.6) is 11.5 Å². The summed E-state index contributed by atoms with van der Waals surface area (Å²) < 4.78 is 16.2. The first-order chi connectivity index (χ1) is 11.4. The second-order valence-corrected chi connectivity index (χ2v) is 6.16. The number of carbonyl (C=O) groups excluding carboxylic acids is 2. The predicted molar refractivity (Wildman–Crippen MR) is 92.8 cm³/mol. The first-order valence-electron chi connectivity index (χ1n) is 6.88. The third-order valence-corrected chi connectivity index (χ3v) is 3.78. The third-order valence-electron chi connectivity index (χ3n) is 3.05. The van der Waals surface area contributed by atoms with Crippen LogP contribution in [-0.2, 0) is 9.53 Å². The van der Waals surface area contributed by atoms with E-state index in [0.29, 0.717) is 10.8 Å². The molecule has 0 atom stereocenters. The van der Waals surface area contributed by atoms with Gasteiger partial charge in [0, 0.05) is 9.50 Å². The Balaban J connectivity index is 2.06. The van der Waals surface area contributed by atoms with E-state index in [2.05, 4.69) is 20.7 Å². The number of hydrogen-bond donors (Lipinski definition) is 0. The highest BCUT2D eigenvalue weighted by Gasteiger charge is 2.17. The highest BCUT2D eigenvalue weighted by atomic mass is 79.9. The highest BCUT2D eigenvalue weighted by Crippen LogP contribution is 2.25. The second kappa shape index (κ2) is 8.17. The van der Waals surface area contributed by atoms with Gasteiger partial charge in [-0.25, -0.2) is 9.59 Å². The fourth-order valence-corrected chi connectivity index (χ4v) is 2.57. The number of methoxy groups -OCH3 is 1. The quantitative estimate of drug-likeness (QED) is 0.543.